The number of aromatic nitrogens is 1. The predicted octanol–water partition coefficient (Wildman–Crippen LogP) is 3.39. The van der Waals surface area contributed by atoms with E-state index in [1.807, 2.05) is 31.2 Å². The molecule has 1 heterocycles. The minimum atomic E-state index is -0.995. The molecule has 5 nitrogen and oxygen atoms in total. The lowest BCUT2D eigenvalue weighted by Gasteiger charge is -2.06. The quantitative estimate of drug-likeness (QED) is 0.534. The summed E-state index contributed by atoms with van der Waals surface area (Å²) in [6, 6.07) is 14.3. The SMILES string of the molecule is Cc1[nH]c2ccccc2c1C(=O)COC(=O)c1cccc(CS(C)=O)c1. The zero-order valence-corrected chi connectivity index (χ0v) is 15.4. The molecule has 1 unspecified atom stereocenters. The number of carbonyl (C=O) groups excluding carboxylic acids is 2. The molecule has 3 rings (SSSR count). The molecule has 0 amide bonds. The van der Waals surface area contributed by atoms with Gasteiger partial charge in [-0.05, 0) is 30.7 Å². The van der Waals surface area contributed by atoms with Gasteiger partial charge in [0.05, 0.1) is 5.56 Å². The van der Waals surface area contributed by atoms with E-state index in [1.165, 1.54) is 0 Å². The summed E-state index contributed by atoms with van der Waals surface area (Å²) in [4.78, 5) is 28.0. The number of esters is 1. The number of Topliss-reactive ketones (excluding diaryl/α,β-unsaturated/α-hetero) is 1. The summed E-state index contributed by atoms with van der Waals surface area (Å²) in [6.07, 6.45) is 1.60. The van der Waals surface area contributed by atoms with Gasteiger partial charge in [0.15, 0.2) is 6.61 Å². The van der Waals surface area contributed by atoms with E-state index >= 15 is 0 Å². The molecule has 0 radical (unpaired) electrons. The first-order chi connectivity index (χ1) is 12.5. The van der Waals surface area contributed by atoms with Crippen LogP contribution in [0.1, 0.15) is 32.0 Å². The molecule has 26 heavy (non-hydrogen) atoms. The van der Waals surface area contributed by atoms with Crippen molar-refractivity contribution in [2.45, 2.75) is 12.7 Å². The molecular formula is C20H19NO4S. The van der Waals surface area contributed by atoms with Gasteiger partial charge < -0.3 is 9.72 Å². The number of hydrogen-bond acceptors (Lipinski definition) is 4. The lowest BCUT2D eigenvalue weighted by molar-refractivity contribution is 0.0475. The topological polar surface area (TPSA) is 76.2 Å². The first-order valence-electron chi connectivity index (χ1n) is 8.12. The summed E-state index contributed by atoms with van der Waals surface area (Å²) >= 11 is 0. The first kappa shape index (κ1) is 18.1. The van der Waals surface area contributed by atoms with Gasteiger partial charge in [-0.1, -0.05) is 30.3 Å². The fourth-order valence-electron chi connectivity index (χ4n) is 2.95. The number of carbonyl (C=O) groups is 2. The van der Waals surface area contributed by atoms with Gasteiger partial charge >= 0.3 is 5.97 Å². The summed E-state index contributed by atoms with van der Waals surface area (Å²) in [5.41, 5.74) is 3.30. The van der Waals surface area contributed by atoms with Crippen molar-refractivity contribution < 1.29 is 18.5 Å². The third-order valence-electron chi connectivity index (χ3n) is 4.04. The van der Waals surface area contributed by atoms with Crippen LogP contribution in [0.4, 0.5) is 0 Å². The second-order valence-electron chi connectivity index (χ2n) is 6.09. The number of hydrogen-bond donors (Lipinski definition) is 1. The highest BCUT2D eigenvalue weighted by molar-refractivity contribution is 7.83. The average molecular weight is 369 g/mol. The third-order valence-corrected chi connectivity index (χ3v) is 4.78. The molecule has 134 valence electrons. The van der Waals surface area contributed by atoms with Gasteiger partial charge in [-0.25, -0.2) is 4.79 Å². The van der Waals surface area contributed by atoms with Crippen LogP contribution >= 0.6 is 0 Å². The van der Waals surface area contributed by atoms with Crippen LogP contribution in [-0.2, 0) is 21.3 Å². The van der Waals surface area contributed by atoms with E-state index < -0.39 is 16.8 Å². The van der Waals surface area contributed by atoms with E-state index in [9.17, 15) is 13.8 Å². The maximum atomic E-state index is 12.6. The van der Waals surface area contributed by atoms with Crippen molar-refractivity contribution in [3.63, 3.8) is 0 Å². The van der Waals surface area contributed by atoms with Crippen LogP contribution in [-0.4, -0.2) is 33.8 Å². The van der Waals surface area contributed by atoms with Crippen LogP contribution in [0.15, 0.2) is 48.5 Å². The van der Waals surface area contributed by atoms with E-state index in [4.69, 9.17) is 4.74 Å². The van der Waals surface area contributed by atoms with E-state index in [1.54, 1.807) is 30.5 Å². The standard InChI is InChI=1S/C20H19NO4S/c1-13-19(16-8-3-4-9-17(16)21-13)18(22)11-25-20(23)15-7-5-6-14(10-15)12-26(2)24/h3-10,21H,11-12H2,1-2H3. The van der Waals surface area contributed by atoms with E-state index in [2.05, 4.69) is 4.98 Å². The molecule has 0 saturated carbocycles. The van der Waals surface area contributed by atoms with Gasteiger partial charge in [0, 0.05) is 45.0 Å². The van der Waals surface area contributed by atoms with E-state index in [0.29, 0.717) is 16.9 Å². The van der Waals surface area contributed by atoms with E-state index in [0.717, 1.165) is 22.2 Å². The highest BCUT2D eigenvalue weighted by atomic mass is 32.2. The molecule has 6 heteroatoms. The summed E-state index contributed by atoms with van der Waals surface area (Å²) in [6.45, 7) is 1.49. The number of rotatable bonds is 6. The first-order valence-corrected chi connectivity index (χ1v) is 9.85. The lowest BCUT2D eigenvalue weighted by atomic mass is 10.1. The minimum Gasteiger partial charge on any atom is -0.454 e. The Kier molecular flexibility index (Phi) is 5.32. The fourth-order valence-corrected chi connectivity index (χ4v) is 3.59. The van der Waals surface area contributed by atoms with Crippen molar-refractivity contribution in [2.75, 3.05) is 12.9 Å². The zero-order valence-electron chi connectivity index (χ0n) is 14.6. The number of ketones is 1. The molecule has 2 aromatic carbocycles. The molecule has 0 aliphatic carbocycles. The second kappa shape index (κ2) is 7.66. The number of fused-ring (bicyclic) bond motifs is 1. The minimum absolute atomic E-state index is 0.251. The lowest BCUT2D eigenvalue weighted by Crippen LogP contribution is -2.15. The molecule has 1 atom stereocenters. The Labute approximate surface area is 153 Å². The Bertz CT molecular complexity index is 1010. The Morgan fingerprint density at radius 1 is 1.12 bits per heavy atom. The Hall–Kier alpha value is -2.73. The summed E-state index contributed by atoms with van der Waals surface area (Å²) in [5, 5.41) is 0.818. The summed E-state index contributed by atoms with van der Waals surface area (Å²) < 4.78 is 16.5. The van der Waals surface area contributed by atoms with Crippen LogP contribution in [0.3, 0.4) is 0 Å². The Balaban J connectivity index is 1.72. The second-order valence-corrected chi connectivity index (χ2v) is 7.52. The molecule has 1 aromatic heterocycles. The number of ether oxygens (including phenoxy) is 1. The molecule has 0 aliphatic heterocycles. The maximum Gasteiger partial charge on any atom is 0.338 e. The smallest absolute Gasteiger partial charge is 0.338 e. The van der Waals surface area contributed by atoms with Gasteiger partial charge in [0.25, 0.3) is 0 Å². The zero-order chi connectivity index (χ0) is 18.7. The number of aromatic amines is 1. The maximum absolute atomic E-state index is 12.6. The monoisotopic (exact) mass is 369 g/mol. The molecule has 0 saturated heterocycles. The Morgan fingerprint density at radius 2 is 1.88 bits per heavy atom. The fraction of sp³-hybridized carbons (Fsp3) is 0.200. The van der Waals surface area contributed by atoms with Crippen LogP contribution in [0.25, 0.3) is 10.9 Å². The molecule has 1 N–H and O–H groups in total. The molecule has 0 fully saturated rings. The van der Waals surface area contributed by atoms with Crippen LogP contribution in [0.5, 0.6) is 0 Å². The van der Waals surface area contributed by atoms with Crippen LogP contribution < -0.4 is 0 Å². The van der Waals surface area contributed by atoms with Crippen molar-refractivity contribution in [1.29, 1.82) is 0 Å². The van der Waals surface area contributed by atoms with Gasteiger partial charge in [-0.15, -0.1) is 0 Å². The number of aryl methyl sites for hydroxylation is 1. The predicted molar refractivity (Wildman–Crippen MR) is 102 cm³/mol. The average Bonchev–Trinajstić information content (AvgIpc) is 2.94. The summed E-state index contributed by atoms with van der Waals surface area (Å²) in [7, 11) is -0.995. The molecule has 0 aliphatic rings. The van der Waals surface area contributed by atoms with Crippen molar-refractivity contribution in [3.05, 3.63) is 70.9 Å². The highest BCUT2D eigenvalue weighted by Crippen LogP contribution is 2.22. The van der Waals surface area contributed by atoms with Crippen molar-refractivity contribution >= 4 is 33.5 Å². The molecular weight excluding hydrogens is 350 g/mol. The normalized spacial score (nSPS) is 12.1. The van der Waals surface area contributed by atoms with Crippen molar-refractivity contribution in [2.24, 2.45) is 0 Å². The molecule has 0 spiro atoms. The summed E-state index contributed by atoms with van der Waals surface area (Å²) in [5.74, 6) is -0.451. The molecule has 0 bridgehead atoms. The number of nitrogens with one attached hydrogen (secondary N) is 1. The largest absolute Gasteiger partial charge is 0.454 e. The van der Waals surface area contributed by atoms with Gasteiger partial charge in [-0.2, -0.15) is 0 Å². The van der Waals surface area contributed by atoms with Crippen LogP contribution in [0.2, 0.25) is 0 Å². The van der Waals surface area contributed by atoms with Gasteiger partial charge in [0.1, 0.15) is 0 Å². The number of para-hydroxylation sites is 1. The van der Waals surface area contributed by atoms with Gasteiger partial charge in [0.2, 0.25) is 5.78 Å². The van der Waals surface area contributed by atoms with Gasteiger partial charge in [-0.3, -0.25) is 9.00 Å². The van der Waals surface area contributed by atoms with Crippen LogP contribution in [0, 0.1) is 6.92 Å². The van der Waals surface area contributed by atoms with E-state index in [-0.39, 0.29) is 12.4 Å². The van der Waals surface area contributed by atoms with Crippen molar-refractivity contribution in [1.82, 2.24) is 4.98 Å². The highest BCUT2D eigenvalue weighted by Gasteiger charge is 2.18. The van der Waals surface area contributed by atoms with Crippen molar-refractivity contribution in [3.8, 4) is 0 Å². The molecule has 3 aromatic rings. The number of H-pyrrole nitrogens is 1. The third kappa shape index (κ3) is 3.91. The number of benzene rings is 2. The Morgan fingerprint density at radius 3 is 2.65 bits per heavy atom.